The van der Waals surface area contributed by atoms with E-state index in [4.69, 9.17) is 4.74 Å². The molecule has 0 bridgehead atoms. The number of ether oxygens (including phenoxy) is 1. The highest BCUT2D eigenvalue weighted by Crippen LogP contribution is 2.26. The number of nitrogens with one attached hydrogen (secondary N) is 1. The Bertz CT molecular complexity index is 267. The first-order chi connectivity index (χ1) is 8.53. The van der Waals surface area contributed by atoms with Crippen molar-refractivity contribution in [1.29, 1.82) is 0 Å². The van der Waals surface area contributed by atoms with E-state index in [0.717, 1.165) is 32.0 Å². The van der Waals surface area contributed by atoms with Crippen LogP contribution >= 0.6 is 0 Å². The summed E-state index contributed by atoms with van der Waals surface area (Å²) >= 11 is 0. The summed E-state index contributed by atoms with van der Waals surface area (Å²) in [5, 5.41) is 3.34. The fourth-order valence-corrected chi connectivity index (χ4v) is 2.05. The minimum absolute atomic E-state index is 0.123. The summed E-state index contributed by atoms with van der Waals surface area (Å²) in [7, 11) is 2.14. The quantitative estimate of drug-likeness (QED) is 0.639. The van der Waals surface area contributed by atoms with Gasteiger partial charge in [0.2, 0.25) is 0 Å². The maximum Gasteiger partial charge on any atom is 0.326 e. The highest BCUT2D eigenvalue weighted by atomic mass is 16.5. The average molecular weight is 256 g/mol. The van der Waals surface area contributed by atoms with E-state index in [0.29, 0.717) is 6.61 Å². The van der Waals surface area contributed by atoms with E-state index in [2.05, 4.69) is 24.2 Å². The predicted molar refractivity (Wildman–Crippen MR) is 73.6 cm³/mol. The molecule has 0 aliphatic heterocycles. The number of esters is 1. The molecule has 0 spiro atoms. The van der Waals surface area contributed by atoms with E-state index >= 15 is 0 Å². The lowest BCUT2D eigenvalue weighted by atomic mass is 9.97. The zero-order chi connectivity index (χ0) is 13.6. The van der Waals surface area contributed by atoms with Crippen LogP contribution in [0.1, 0.15) is 46.5 Å². The Balaban J connectivity index is 2.48. The van der Waals surface area contributed by atoms with Crippen LogP contribution in [-0.2, 0) is 9.53 Å². The maximum atomic E-state index is 12.1. The summed E-state index contributed by atoms with van der Waals surface area (Å²) in [5.41, 5.74) is -0.546. The second-order valence-electron chi connectivity index (χ2n) is 5.44. The van der Waals surface area contributed by atoms with Crippen molar-refractivity contribution in [1.82, 2.24) is 10.2 Å². The average Bonchev–Trinajstić information content (AvgIpc) is 3.18. The molecule has 1 saturated carbocycles. The largest absolute Gasteiger partial charge is 0.465 e. The van der Waals surface area contributed by atoms with Crippen LogP contribution in [0.4, 0.5) is 0 Å². The molecule has 4 heteroatoms. The van der Waals surface area contributed by atoms with Gasteiger partial charge in [0.15, 0.2) is 0 Å². The molecule has 0 radical (unpaired) electrons. The number of rotatable bonds is 9. The van der Waals surface area contributed by atoms with Crippen LogP contribution in [0, 0.1) is 0 Å². The molecular weight excluding hydrogens is 228 g/mol. The van der Waals surface area contributed by atoms with Crippen LogP contribution in [0.25, 0.3) is 0 Å². The molecule has 0 amide bonds. The summed E-state index contributed by atoms with van der Waals surface area (Å²) in [4.78, 5) is 14.4. The molecule has 1 N–H and O–H groups in total. The summed E-state index contributed by atoms with van der Waals surface area (Å²) in [6.07, 6.45) is 4.43. The van der Waals surface area contributed by atoms with Crippen LogP contribution < -0.4 is 5.32 Å². The zero-order valence-electron chi connectivity index (χ0n) is 12.3. The maximum absolute atomic E-state index is 12.1. The van der Waals surface area contributed by atoms with Gasteiger partial charge in [-0.25, -0.2) is 0 Å². The summed E-state index contributed by atoms with van der Waals surface area (Å²) in [6.45, 7) is 8.16. The van der Waals surface area contributed by atoms with Gasteiger partial charge in [0.25, 0.3) is 0 Å². The third kappa shape index (κ3) is 4.58. The molecule has 1 aliphatic carbocycles. The number of nitrogens with zero attached hydrogens (tertiary/aromatic N) is 1. The number of carbonyl (C=O) groups is 1. The Kier molecular flexibility index (Phi) is 6.09. The van der Waals surface area contributed by atoms with E-state index in [1.54, 1.807) is 0 Å². The Morgan fingerprint density at radius 2 is 2.11 bits per heavy atom. The highest BCUT2D eigenvalue weighted by molar-refractivity contribution is 5.80. The van der Waals surface area contributed by atoms with Gasteiger partial charge in [-0.15, -0.1) is 0 Å². The van der Waals surface area contributed by atoms with Crippen molar-refractivity contribution in [3.8, 4) is 0 Å². The Labute approximate surface area is 111 Å². The predicted octanol–water partition coefficient (Wildman–Crippen LogP) is 1.79. The van der Waals surface area contributed by atoms with Crippen LogP contribution in [0.5, 0.6) is 0 Å². The third-order valence-corrected chi connectivity index (χ3v) is 3.63. The van der Waals surface area contributed by atoms with Crippen LogP contribution in [0.15, 0.2) is 0 Å². The lowest BCUT2D eigenvalue weighted by molar-refractivity contribution is -0.151. The molecule has 1 atom stereocenters. The first-order valence-corrected chi connectivity index (χ1v) is 7.16. The first-order valence-electron chi connectivity index (χ1n) is 7.16. The Morgan fingerprint density at radius 3 is 2.61 bits per heavy atom. The van der Waals surface area contributed by atoms with Crippen molar-refractivity contribution in [2.45, 2.75) is 58.0 Å². The van der Waals surface area contributed by atoms with Gasteiger partial charge in [-0.1, -0.05) is 6.92 Å². The van der Waals surface area contributed by atoms with Gasteiger partial charge < -0.3 is 15.0 Å². The third-order valence-electron chi connectivity index (χ3n) is 3.63. The smallest absolute Gasteiger partial charge is 0.326 e. The lowest BCUT2D eigenvalue weighted by Gasteiger charge is -2.30. The molecular formula is C14H28N2O2. The van der Waals surface area contributed by atoms with Crippen molar-refractivity contribution in [2.75, 3.05) is 26.7 Å². The van der Waals surface area contributed by atoms with Crippen molar-refractivity contribution >= 4 is 5.97 Å². The monoisotopic (exact) mass is 256 g/mol. The molecule has 1 aliphatic rings. The number of carbonyl (C=O) groups excluding carboxylic acids is 1. The summed E-state index contributed by atoms with van der Waals surface area (Å²) in [6, 6.07) is 0.739. The van der Waals surface area contributed by atoms with Gasteiger partial charge in [0.05, 0.1) is 6.61 Å². The first kappa shape index (κ1) is 15.4. The fraction of sp³-hybridized carbons (Fsp3) is 0.929. The summed E-state index contributed by atoms with van der Waals surface area (Å²) in [5.74, 6) is -0.123. The van der Waals surface area contributed by atoms with Gasteiger partial charge in [-0.3, -0.25) is 4.79 Å². The van der Waals surface area contributed by atoms with Crippen LogP contribution in [0.3, 0.4) is 0 Å². The van der Waals surface area contributed by atoms with Crippen LogP contribution in [-0.4, -0.2) is 49.2 Å². The van der Waals surface area contributed by atoms with Gasteiger partial charge in [-0.2, -0.15) is 0 Å². The van der Waals surface area contributed by atoms with Crippen molar-refractivity contribution in [3.05, 3.63) is 0 Å². The molecule has 1 fully saturated rings. The number of hydrogen-bond acceptors (Lipinski definition) is 4. The molecule has 1 unspecified atom stereocenters. The van der Waals surface area contributed by atoms with Gasteiger partial charge >= 0.3 is 5.97 Å². The fourth-order valence-electron chi connectivity index (χ4n) is 2.05. The SMILES string of the molecule is CCCNC(C)(CCN(C)C1CC1)C(=O)OCC. The second kappa shape index (κ2) is 7.10. The normalized spacial score (nSPS) is 18.7. The van der Waals surface area contributed by atoms with E-state index in [9.17, 15) is 4.79 Å². The second-order valence-corrected chi connectivity index (χ2v) is 5.44. The molecule has 18 heavy (non-hydrogen) atoms. The standard InChI is InChI=1S/C14H28N2O2/c1-5-10-15-14(3,13(17)18-6-2)9-11-16(4)12-7-8-12/h12,15H,5-11H2,1-4H3. The Hall–Kier alpha value is -0.610. The molecule has 106 valence electrons. The van der Waals surface area contributed by atoms with Crippen molar-refractivity contribution < 1.29 is 9.53 Å². The molecule has 4 nitrogen and oxygen atoms in total. The van der Waals surface area contributed by atoms with E-state index in [1.807, 2.05) is 13.8 Å². The van der Waals surface area contributed by atoms with Crippen molar-refractivity contribution in [3.63, 3.8) is 0 Å². The molecule has 0 aromatic carbocycles. The van der Waals surface area contributed by atoms with Gasteiger partial charge in [0.1, 0.15) is 5.54 Å². The van der Waals surface area contributed by atoms with E-state index in [1.165, 1.54) is 12.8 Å². The molecule has 0 heterocycles. The minimum atomic E-state index is -0.546. The summed E-state index contributed by atoms with van der Waals surface area (Å²) < 4.78 is 5.19. The van der Waals surface area contributed by atoms with Gasteiger partial charge in [0, 0.05) is 12.6 Å². The number of hydrogen-bond donors (Lipinski definition) is 1. The molecule has 0 aromatic heterocycles. The molecule has 0 saturated heterocycles. The highest BCUT2D eigenvalue weighted by Gasteiger charge is 2.35. The minimum Gasteiger partial charge on any atom is -0.465 e. The molecule has 1 rings (SSSR count). The van der Waals surface area contributed by atoms with E-state index in [-0.39, 0.29) is 5.97 Å². The lowest BCUT2D eigenvalue weighted by Crippen LogP contribution is -2.52. The Morgan fingerprint density at radius 1 is 1.44 bits per heavy atom. The zero-order valence-corrected chi connectivity index (χ0v) is 12.3. The molecule has 0 aromatic rings. The topological polar surface area (TPSA) is 41.6 Å². The van der Waals surface area contributed by atoms with Crippen molar-refractivity contribution in [2.24, 2.45) is 0 Å². The van der Waals surface area contributed by atoms with E-state index < -0.39 is 5.54 Å². The van der Waals surface area contributed by atoms with Gasteiger partial charge in [-0.05, 0) is 53.1 Å². The van der Waals surface area contributed by atoms with Crippen LogP contribution in [0.2, 0.25) is 0 Å².